The summed E-state index contributed by atoms with van der Waals surface area (Å²) < 4.78 is 5.71. The van der Waals surface area contributed by atoms with Crippen molar-refractivity contribution in [3.63, 3.8) is 0 Å². The molecule has 0 amide bonds. The van der Waals surface area contributed by atoms with Gasteiger partial charge in [0.1, 0.15) is 11.5 Å². The quantitative estimate of drug-likeness (QED) is 0.632. The van der Waals surface area contributed by atoms with E-state index in [0.717, 1.165) is 6.42 Å². The van der Waals surface area contributed by atoms with Crippen molar-refractivity contribution in [1.29, 1.82) is 0 Å². The number of hydrogen-bond acceptors (Lipinski definition) is 4. The fraction of sp³-hybridized carbons (Fsp3) is 0.250. The first-order valence-electron chi connectivity index (χ1n) is 6.92. The summed E-state index contributed by atoms with van der Waals surface area (Å²) in [7, 11) is 0. The molecule has 0 unspecified atom stereocenters. The lowest BCUT2D eigenvalue weighted by molar-refractivity contribution is -0.384. The number of rotatable bonds is 6. The second-order valence-corrected chi connectivity index (χ2v) is 4.60. The van der Waals surface area contributed by atoms with E-state index < -0.39 is 4.92 Å². The predicted molar refractivity (Wildman–Crippen MR) is 83.2 cm³/mol. The Kier molecular flexibility index (Phi) is 4.77. The molecule has 0 aliphatic heterocycles. The van der Waals surface area contributed by atoms with Crippen LogP contribution in [0.4, 0.5) is 11.4 Å². The molecule has 2 rings (SSSR count). The average Bonchev–Trinajstić information content (AvgIpc) is 2.48. The number of hydrogen-bond donors (Lipinski definition) is 1. The van der Waals surface area contributed by atoms with Crippen LogP contribution in [0.15, 0.2) is 42.5 Å². The van der Waals surface area contributed by atoms with Crippen molar-refractivity contribution in [1.82, 2.24) is 0 Å². The minimum Gasteiger partial charge on any atom is -0.457 e. The van der Waals surface area contributed by atoms with Gasteiger partial charge < -0.3 is 10.1 Å². The zero-order chi connectivity index (χ0) is 15.2. The second kappa shape index (κ2) is 6.74. The highest BCUT2D eigenvalue weighted by atomic mass is 16.6. The van der Waals surface area contributed by atoms with Crippen LogP contribution in [0.2, 0.25) is 0 Å². The molecule has 2 aromatic carbocycles. The van der Waals surface area contributed by atoms with E-state index in [1.807, 2.05) is 31.2 Å². The first-order valence-corrected chi connectivity index (χ1v) is 6.92. The minimum absolute atomic E-state index is 0.00799. The summed E-state index contributed by atoms with van der Waals surface area (Å²) in [6, 6.07) is 12.4. The van der Waals surface area contributed by atoms with Gasteiger partial charge in [0.25, 0.3) is 5.69 Å². The zero-order valence-corrected chi connectivity index (χ0v) is 12.1. The molecule has 110 valence electrons. The van der Waals surface area contributed by atoms with E-state index in [1.54, 1.807) is 6.07 Å². The number of benzene rings is 2. The Labute approximate surface area is 123 Å². The molecule has 0 aliphatic carbocycles. The Morgan fingerprint density at radius 3 is 2.38 bits per heavy atom. The summed E-state index contributed by atoms with van der Waals surface area (Å²) in [5, 5.41) is 14.0. The first kappa shape index (κ1) is 14.8. The molecule has 0 atom stereocenters. The van der Waals surface area contributed by atoms with Crippen molar-refractivity contribution in [2.75, 3.05) is 11.9 Å². The van der Waals surface area contributed by atoms with Gasteiger partial charge in [-0.3, -0.25) is 10.1 Å². The maximum atomic E-state index is 11.0. The second-order valence-electron chi connectivity index (χ2n) is 4.60. The number of ether oxygens (including phenoxy) is 1. The van der Waals surface area contributed by atoms with E-state index in [1.165, 1.54) is 17.7 Å². The maximum absolute atomic E-state index is 11.0. The minimum atomic E-state index is -0.423. The van der Waals surface area contributed by atoms with E-state index in [2.05, 4.69) is 12.2 Å². The molecular weight excluding hydrogens is 268 g/mol. The van der Waals surface area contributed by atoms with Gasteiger partial charge in [0, 0.05) is 24.4 Å². The number of nitro benzene ring substituents is 1. The van der Waals surface area contributed by atoms with E-state index in [-0.39, 0.29) is 5.69 Å². The molecule has 0 aliphatic rings. The topological polar surface area (TPSA) is 64.4 Å². The highest BCUT2D eigenvalue weighted by molar-refractivity contribution is 5.57. The molecule has 5 heteroatoms. The van der Waals surface area contributed by atoms with Crippen molar-refractivity contribution in [2.45, 2.75) is 20.3 Å². The highest BCUT2D eigenvalue weighted by Crippen LogP contribution is 2.29. The third-order valence-corrected chi connectivity index (χ3v) is 3.05. The van der Waals surface area contributed by atoms with Gasteiger partial charge in [0.2, 0.25) is 0 Å². The molecule has 0 radical (unpaired) electrons. The third kappa shape index (κ3) is 3.95. The molecule has 0 aromatic heterocycles. The van der Waals surface area contributed by atoms with Crippen LogP contribution in [0.3, 0.4) is 0 Å². The van der Waals surface area contributed by atoms with Crippen molar-refractivity contribution in [3.05, 3.63) is 58.1 Å². The van der Waals surface area contributed by atoms with Gasteiger partial charge in [-0.15, -0.1) is 0 Å². The lowest BCUT2D eigenvalue weighted by Gasteiger charge is -2.09. The van der Waals surface area contributed by atoms with Crippen LogP contribution >= 0.6 is 0 Å². The molecule has 21 heavy (non-hydrogen) atoms. The number of non-ortho nitro benzene ring substituents is 1. The van der Waals surface area contributed by atoms with Gasteiger partial charge in [0.05, 0.1) is 11.0 Å². The van der Waals surface area contributed by atoms with Crippen molar-refractivity contribution in [3.8, 4) is 11.5 Å². The number of anilines is 1. The molecule has 0 fully saturated rings. The fourth-order valence-corrected chi connectivity index (χ4v) is 1.98. The van der Waals surface area contributed by atoms with Crippen LogP contribution in [0, 0.1) is 10.1 Å². The molecular formula is C16H18N2O3. The van der Waals surface area contributed by atoms with Gasteiger partial charge in [-0.1, -0.05) is 19.1 Å². The molecule has 2 aromatic rings. The highest BCUT2D eigenvalue weighted by Gasteiger charge is 2.11. The monoisotopic (exact) mass is 286 g/mol. The lowest BCUT2D eigenvalue weighted by Crippen LogP contribution is -1.98. The van der Waals surface area contributed by atoms with Crippen LogP contribution < -0.4 is 10.1 Å². The Balaban J connectivity index is 2.26. The van der Waals surface area contributed by atoms with Gasteiger partial charge in [-0.05, 0) is 31.0 Å². The number of nitro groups is 1. The Morgan fingerprint density at radius 1 is 1.10 bits per heavy atom. The summed E-state index contributed by atoms with van der Waals surface area (Å²) in [4.78, 5) is 10.5. The van der Waals surface area contributed by atoms with Crippen molar-refractivity contribution < 1.29 is 9.66 Å². The Morgan fingerprint density at radius 2 is 1.81 bits per heavy atom. The molecule has 0 saturated heterocycles. The summed E-state index contributed by atoms with van der Waals surface area (Å²) in [5.41, 5.74) is 1.90. The summed E-state index contributed by atoms with van der Waals surface area (Å²) in [6.07, 6.45) is 0.960. The molecule has 1 N–H and O–H groups in total. The summed E-state index contributed by atoms with van der Waals surface area (Å²) in [6.45, 7) is 4.70. The van der Waals surface area contributed by atoms with Crippen molar-refractivity contribution >= 4 is 11.4 Å². The Hall–Kier alpha value is -2.56. The van der Waals surface area contributed by atoms with Crippen LogP contribution in [-0.2, 0) is 6.42 Å². The van der Waals surface area contributed by atoms with E-state index in [9.17, 15) is 10.1 Å². The molecule has 0 saturated carbocycles. The van der Waals surface area contributed by atoms with Gasteiger partial charge in [-0.25, -0.2) is 0 Å². The lowest BCUT2D eigenvalue weighted by atomic mass is 10.2. The van der Waals surface area contributed by atoms with Gasteiger partial charge >= 0.3 is 0 Å². The van der Waals surface area contributed by atoms with Crippen molar-refractivity contribution in [2.24, 2.45) is 0 Å². The fourth-order valence-electron chi connectivity index (χ4n) is 1.98. The predicted octanol–water partition coefficient (Wildman–Crippen LogP) is 4.38. The van der Waals surface area contributed by atoms with Crippen LogP contribution in [0.1, 0.15) is 19.4 Å². The van der Waals surface area contributed by atoms with E-state index in [0.29, 0.717) is 23.7 Å². The molecule has 5 nitrogen and oxygen atoms in total. The van der Waals surface area contributed by atoms with E-state index in [4.69, 9.17) is 4.74 Å². The molecule has 0 bridgehead atoms. The Bertz CT molecular complexity index is 624. The normalized spacial score (nSPS) is 10.2. The average molecular weight is 286 g/mol. The van der Waals surface area contributed by atoms with Crippen LogP contribution in [0.25, 0.3) is 0 Å². The third-order valence-electron chi connectivity index (χ3n) is 3.05. The summed E-state index contributed by atoms with van der Waals surface area (Å²) in [5.74, 6) is 1.11. The number of nitrogens with one attached hydrogen (secondary N) is 1. The van der Waals surface area contributed by atoms with Crippen LogP contribution in [-0.4, -0.2) is 11.5 Å². The molecule has 0 heterocycles. The van der Waals surface area contributed by atoms with Gasteiger partial charge in [0.15, 0.2) is 0 Å². The maximum Gasteiger partial charge on any atom is 0.275 e. The first-order chi connectivity index (χ1) is 10.1. The molecule has 0 spiro atoms. The van der Waals surface area contributed by atoms with E-state index >= 15 is 0 Å². The van der Waals surface area contributed by atoms with Crippen LogP contribution in [0.5, 0.6) is 11.5 Å². The number of nitrogens with zero attached hydrogens (tertiary/aromatic N) is 1. The van der Waals surface area contributed by atoms with Gasteiger partial charge in [-0.2, -0.15) is 0 Å². The number of aryl methyl sites for hydroxylation is 1. The zero-order valence-electron chi connectivity index (χ0n) is 12.1. The largest absolute Gasteiger partial charge is 0.457 e. The standard InChI is InChI=1S/C16H18N2O3/c1-3-12-5-7-15(8-6-12)21-16-10-13(17-4-2)9-14(11-16)18(19)20/h5-11,17H,3-4H2,1-2H3. The summed E-state index contributed by atoms with van der Waals surface area (Å²) >= 11 is 0. The SMILES string of the molecule is CCNc1cc(Oc2ccc(CC)cc2)cc([N+](=O)[O-])c1. The smallest absolute Gasteiger partial charge is 0.275 e.